The van der Waals surface area contributed by atoms with Crippen molar-refractivity contribution in [2.45, 2.75) is 26.8 Å². The highest BCUT2D eigenvalue weighted by Gasteiger charge is 2.38. The molecule has 0 radical (unpaired) electrons. The predicted octanol–water partition coefficient (Wildman–Crippen LogP) is 3.75. The highest BCUT2D eigenvalue weighted by atomic mass is 16.5. The van der Waals surface area contributed by atoms with Gasteiger partial charge in [0, 0.05) is 11.6 Å². The number of benzene rings is 2. The summed E-state index contributed by atoms with van der Waals surface area (Å²) in [6, 6.07) is 12.4. The van der Waals surface area contributed by atoms with Gasteiger partial charge in [-0.05, 0) is 74.4 Å². The lowest BCUT2D eigenvalue weighted by Gasteiger charge is -2.34. The second kappa shape index (κ2) is 8.15. The lowest BCUT2D eigenvalue weighted by atomic mass is 10.0. The van der Waals surface area contributed by atoms with Crippen molar-refractivity contribution in [1.82, 2.24) is 0 Å². The van der Waals surface area contributed by atoms with E-state index in [0.29, 0.717) is 17.9 Å². The maximum absolute atomic E-state index is 13.5. The zero-order valence-electron chi connectivity index (χ0n) is 17.3. The summed E-state index contributed by atoms with van der Waals surface area (Å²) in [7, 11) is 1.93. The maximum Gasteiger partial charge on any atom is 0.351 e. The third-order valence-electron chi connectivity index (χ3n) is 5.05. The van der Waals surface area contributed by atoms with Crippen LogP contribution in [0, 0.1) is 13.8 Å². The topological polar surface area (TPSA) is 69.4 Å². The summed E-state index contributed by atoms with van der Waals surface area (Å²) < 4.78 is 5.38. The summed E-state index contributed by atoms with van der Waals surface area (Å²) in [5, 5.41) is 0. The molecule has 2 N–H and O–H groups in total. The van der Waals surface area contributed by atoms with Crippen molar-refractivity contribution in [2.24, 2.45) is 5.73 Å². The molecule has 1 amide bonds. The molecule has 2 aromatic carbocycles. The van der Waals surface area contributed by atoms with E-state index in [2.05, 4.69) is 6.07 Å². The van der Waals surface area contributed by atoms with Gasteiger partial charge in [0.2, 0.25) is 0 Å². The molecule has 0 bridgehead atoms. The fourth-order valence-electron chi connectivity index (χ4n) is 3.55. The molecule has 29 heavy (non-hydrogen) atoms. The molecule has 1 unspecified atom stereocenters. The molecular weight excluding hydrogens is 364 g/mol. The average molecular weight is 391 g/mol. The minimum Gasteiger partial charge on any atom is -0.425 e. The zero-order chi connectivity index (χ0) is 21.2. The van der Waals surface area contributed by atoms with Gasteiger partial charge in [-0.25, -0.2) is 14.1 Å². The second-order valence-corrected chi connectivity index (χ2v) is 7.77. The molecule has 1 heterocycles. The van der Waals surface area contributed by atoms with Crippen molar-refractivity contribution < 1.29 is 18.8 Å². The number of esters is 1. The van der Waals surface area contributed by atoms with Crippen LogP contribution >= 0.6 is 0 Å². The van der Waals surface area contributed by atoms with Crippen LogP contribution < -0.4 is 10.5 Å². The van der Waals surface area contributed by atoms with E-state index in [1.807, 2.05) is 63.4 Å². The lowest BCUT2D eigenvalue weighted by molar-refractivity contribution is -0.747. The Balaban J connectivity index is 1.93. The second-order valence-electron chi connectivity index (χ2n) is 7.77. The van der Waals surface area contributed by atoms with Crippen LogP contribution in [0.1, 0.15) is 34.0 Å². The van der Waals surface area contributed by atoms with Gasteiger partial charge in [0.05, 0.1) is 12.6 Å². The first-order valence-electron chi connectivity index (χ1n) is 9.64. The number of nitrogens with zero attached hydrogens (tertiary/aromatic N) is 1. The summed E-state index contributed by atoms with van der Waals surface area (Å²) in [4.78, 5) is 25.2. The van der Waals surface area contributed by atoms with Gasteiger partial charge in [-0.3, -0.25) is 0 Å². The molecular formula is C24H27N2O3+. The van der Waals surface area contributed by atoms with Crippen molar-refractivity contribution in [3.8, 4) is 5.75 Å². The SMILES string of the molecule is Cc1cc(C)cc(C(=O)[N+]2(C)CC=CC=C2c2ccc(OC(=O)[C@H](C)N)cc2)c1. The lowest BCUT2D eigenvalue weighted by Crippen LogP contribution is -2.48. The molecule has 1 aliphatic rings. The van der Waals surface area contributed by atoms with Gasteiger partial charge in [0.25, 0.3) is 0 Å². The largest absolute Gasteiger partial charge is 0.425 e. The van der Waals surface area contributed by atoms with Crippen LogP contribution in [-0.2, 0) is 4.79 Å². The van der Waals surface area contributed by atoms with Crippen LogP contribution in [0.5, 0.6) is 5.75 Å². The summed E-state index contributed by atoms with van der Waals surface area (Å²) >= 11 is 0. The average Bonchev–Trinajstić information content (AvgIpc) is 2.67. The van der Waals surface area contributed by atoms with E-state index < -0.39 is 12.0 Å². The number of aryl methyl sites for hydroxylation is 2. The molecule has 2 aromatic rings. The Morgan fingerprint density at radius 2 is 1.69 bits per heavy atom. The molecule has 3 rings (SSSR count). The van der Waals surface area contributed by atoms with Crippen molar-refractivity contribution in [1.29, 1.82) is 0 Å². The van der Waals surface area contributed by atoms with Crippen LogP contribution in [0.4, 0.5) is 0 Å². The number of carbonyl (C=O) groups is 2. The van der Waals surface area contributed by atoms with Crippen molar-refractivity contribution in [2.75, 3.05) is 13.6 Å². The highest BCUT2D eigenvalue weighted by molar-refractivity contribution is 5.93. The first kappa shape index (κ1) is 20.7. The Morgan fingerprint density at radius 3 is 2.28 bits per heavy atom. The normalized spacial score (nSPS) is 19.4. The molecule has 0 aromatic heterocycles. The molecule has 0 saturated carbocycles. The van der Waals surface area contributed by atoms with E-state index in [-0.39, 0.29) is 10.4 Å². The number of quaternary nitrogens is 1. The molecule has 2 atom stereocenters. The number of likely N-dealkylation sites (N-methyl/N-ethyl adjacent to an activating group) is 1. The maximum atomic E-state index is 13.5. The van der Waals surface area contributed by atoms with E-state index in [1.54, 1.807) is 19.1 Å². The number of nitrogens with two attached hydrogens (primary N) is 1. The van der Waals surface area contributed by atoms with Gasteiger partial charge in [-0.1, -0.05) is 12.1 Å². The first-order valence-corrected chi connectivity index (χ1v) is 9.64. The predicted molar refractivity (Wildman–Crippen MR) is 114 cm³/mol. The molecule has 5 heteroatoms. The Hall–Kier alpha value is -3.02. The van der Waals surface area contributed by atoms with E-state index in [1.165, 1.54) is 0 Å². The third-order valence-corrected chi connectivity index (χ3v) is 5.05. The van der Waals surface area contributed by atoms with E-state index in [0.717, 1.165) is 22.4 Å². The Bertz CT molecular complexity index is 983. The zero-order valence-corrected chi connectivity index (χ0v) is 17.3. The standard InChI is InChI=1S/C24H27N2O3/c1-16-13-17(2)15-20(14-16)23(27)26(4)12-6-5-7-22(26)19-8-10-21(11-9-19)29-24(28)18(3)25/h5-11,13-15,18H,12,25H2,1-4H3/q+1/t18-,26?/m0/s1. The number of rotatable bonds is 4. The van der Waals surface area contributed by atoms with Gasteiger partial charge in [0.1, 0.15) is 24.0 Å². The number of amides is 1. The fraction of sp³-hybridized carbons (Fsp3) is 0.250. The van der Waals surface area contributed by atoms with Gasteiger partial charge >= 0.3 is 11.9 Å². The smallest absolute Gasteiger partial charge is 0.351 e. The van der Waals surface area contributed by atoms with Crippen LogP contribution in [0.25, 0.3) is 5.70 Å². The fourth-order valence-corrected chi connectivity index (χ4v) is 3.55. The number of hydrogen-bond donors (Lipinski definition) is 1. The molecule has 0 saturated heterocycles. The molecule has 0 fully saturated rings. The van der Waals surface area contributed by atoms with Crippen molar-refractivity contribution in [3.63, 3.8) is 0 Å². The van der Waals surface area contributed by atoms with Crippen molar-refractivity contribution >= 4 is 17.6 Å². The third kappa shape index (κ3) is 4.36. The van der Waals surface area contributed by atoms with Crippen LogP contribution in [-0.4, -0.2) is 36.0 Å². The van der Waals surface area contributed by atoms with Crippen LogP contribution in [0.3, 0.4) is 0 Å². The monoisotopic (exact) mass is 391 g/mol. The summed E-state index contributed by atoms with van der Waals surface area (Å²) in [6.45, 7) is 6.15. The van der Waals surface area contributed by atoms with Gasteiger partial charge < -0.3 is 10.5 Å². The number of carbonyl (C=O) groups excluding carboxylic acids is 2. The van der Waals surface area contributed by atoms with Gasteiger partial charge in [-0.2, -0.15) is 0 Å². The van der Waals surface area contributed by atoms with Crippen molar-refractivity contribution in [3.05, 3.63) is 82.9 Å². The number of ether oxygens (including phenoxy) is 1. The minimum absolute atomic E-state index is 0.0415. The summed E-state index contributed by atoms with van der Waals surface area (Å²) in [6.07, 6.45) is 5.93. The Kier molecular flexibility index (Phi) is 5.82. The first-order chi connectivity index (χ1) is 13.7. The molecule has 5 nitrogen and oxygen atoms in total. The van der Waals surface area contributed by atoms with Crippen LogP contribution in [0.15, 0.2) is 60.7 Å². The van der Waals surface area contributed by atoms with Crippen LogP contribution in [0.2, 0.25) is 0 Å². The minimum atomic E-state index is -0.684. The Morgan fingerprint density at radius 1 is 1.07 bits per heavy atom. The van der Waals surface area contributed by atoms with E-state index in [4.69, 9.17) is 10.5 Å². The highest BCUT2D eigenvalue weighted by Crippen LogP contribution is 2.32. The number of allylic oxidation sites excluding steroid dienone is 2. The van der Waals surface area contributed by atoms with Gasteiger partial charge in [0.15, 0.2) is 0 Å². The molecule has 150 valence electrons. The van der Waals surface area contributed by atoms with Gasteiger partial charge in [-0.15, -0.1) is 0 Å². The quantitative estimate of drug-likeness (QED) is 0.490. The van der Waals surface area contributed by atoms with E-state index >= 15 is 0 Å². The number of hydrogen-bond acceptors (Lipinski definition) is 4. The van der Waals surface area contributed by atoms with E-state index in [9.17, 15) is 9.59 Å². The summed E-state index contributed by atoms with van der Waals surface area (Å²) in [5.74, 6) is -0.0131. The summed E-state index contributed by atoms with van der Waals surface area (Å²) in [5.41, 5.74) is 10.2. The molecule has 1 aliphatic heterocycles. The molecule has 0 aliphatic carbocycles. The Labute approximate surface area is 171 Å². The molecule has 0 spiro atoms.